The third kappa shape index (κ3) is 10.1. The van der Waals surface area contributed by atoms with Crippen molar-refractivity contribution in [1.82, 2.24) is 0 Å². The van der Waals surface area contributed by atoms with Crippen molar-refractivity contribution in [2.45, 2.75) is 50.7 Å². The number of aliphatic imine (C=N–C) groups is 2. The van der Waals surface area contributed by atoms with Gasteiger partial charge in [-0.2, -0.15) is 21.7 Å². The smallest absolute Gasteiger partial charge is 0.284 e. The van der Waals surface area contributed by atoms with Gasteiger partial charge in [0.1, 0.15) is 0 Å². The number of thioether (sulfide) groups is 3. The fourth-order valence-corrected chi connectivity index (χ4v) is 5.93. The van der Waals surface area contributed by atoms with Crippen LogP contribution >= 0.6 is 35.3 Å². The summed E-state index contributed by atoms with van der Waals surface area (Å²) in [5.74, 6) is -0.399. The molecule has 0 bridgehead atoms. The molecule has 0 aliphatic carbocycles. The molecule has 220 valence electrons. The first-order valence-electron chi connectivity index (χ1n) is 12.9. The summed E-state index contributed by atoms with van der Waals surface area (Å²) < 4.78 is 0. The number of carbonyl (C=O) groups is 2. The lowest BCUT2D eigenvalue weighted by molar-refractivity contribution is -0.137. The van der Waals surface area contributed by atoms with Gasteiger partial charge in [-0.15, -0.1) is 0 Å². The molecule has 2 atom stereocenters. The van der Waals surface area contributed by atoms with Gasteiger partial charge in [-0.05, 0) is 59.0 Å². The monoisotopic (exact) mass is 616 g/mol. The van der Waals surface area contributed by atoms with Gasteiger partial charge < -0.3 is 21.7 Å². The summed E-state index contributed by atoms with van der Waals surface area (Å²) in [6.07, 6.45) is 1.01. The van der Waals surface area contributed by atoms with Crippen LogP contribution in [0.25, 0.3) is 0 Å². The van der Waals surface area contributed by atoms with Crippen LogP contribution in [0.2, 0.25) is 0 Å². The van der Waals surface area contributed by atoms with Gasteiger partial charge in [0.15, 0.2) is 21.5 Å². The Morgan fingerprint density at radius 1 is 0.732 bits per heavy atom. The molecule has 10 nitrogen and oxygen atoms in total. The van der Waals surface area contributed by atoms with E-state index in [1.54, 1.807) is 74.5 Å². The number of nitrogens with one attached hydrogen (secondary N) is 2. The first-order chi connectivity index (χ1) is 19.5. The molecular weight excluding hydrogens is 581 g/mol. The summed E-state index contributed by atoms with van der Waals surface area (Å²) in [6.45, 7) is 3.36. The molecule has 8 N–H and O–H groups in total. The molecule has 0 aromatic heterocycles. The number of amides is 2. The zero-order valence-corrected chi connectivity index (χ0v) is 25.5. The van der Waals surface area contributed by atoms with E-state index >= 15 is 0 Å². The van der Waals surface area contributed by atoms with Crippen LogP contribution in [0.15, 0.2) is 70.6 Å². The number of hydrogen-bond donors (Lipinski definition) is 6. The van der Waals surface area contributed by atoms with E-state index in [1.165, 1.54) is 11.8 Å². The second kappa shape index (κ2) is 16.5. The minimum absolute atomic E-state index is 0.113. The zero-order valence-electron chi connectivity index (χ0n) is 23.0. The van der Waals surface area contributed by atoms with E-state index in [9.17, 15) is 19.8 Å². The second-order valence-electron chi connectivity index (χ2n) is 8.83. The number of nitrogens with zero attached hydrogens (tertiary/aromatic N) is 2. The molecular formula is C28H36N6O4S3. The quantitative estimate of drug-likeness (QED) is 0.115. The molecule has 2 aromatic carbocycles. The van der Waals surface area contributed by atoms with Crippen molar-refractivity contribution in [3.63, 3.8) is 0 Å². The maximum atomic E-state index is 12.6. The Kier molecular flexibility index (Phi) is 13.7. The SMILES string of the molecule is CC[C@@](O)(C(=O)N=C(N)SC(=N)CCSCCC(=N)SC(N)=NC(=O)[C@](O)(CC)c1ccccc1)c1ccccc1. The lowest BCUT2D eigenvalue weighted by Crippen LogP contribution is -2.35. The molecule has 2 rings (SSSR count). The van der Waals surface area contributed by atoms with Gasteiger partial charge in [-0.25, -0.2) is 0 Å². The van der Waals surface area contributed by atoms with E-state index in [4.69, 9.17) is 22.3 Å². The van der Waals surface area contributed by atoms with Crippen LogP contribution in [0.4, 0.5) is 0 Å². The first kappa shape index (κ1) is 34.2. The minimum Gasteiger partial charge on any atom is -0.378 e. The van der Waals surface area contributed by atoms with Crippen molar-refractivity contribution in [3.8, 4) is 0 Å². The highest BCUT2D eigenvalue weighted by atomic mass is 32.2. The van der Waals surface area contributed by atoms with Crippen LogP contribution in [-0.2, 0) is 20.8 Å². The van der Waals surface area contributed by atoms with Crippen molar-refractivity contribution in [2.24, 2.45) is 21.5 Å². The fraction of sp³-hybridized carbons (Fsp3) is 0.357. The maximum Gasteiger partial charge on any atom is 0.284 e. The summed E-state index contributed by atoms with van der Waals surface area (Å²) in [5.41, 5.74) is 9.02. The van der Waals surface area contributed by atoms with Gasteiger partial charge in [0, 0.05) is 12.8 Å². The number of hydrogen-bond acceptors (Lipinski definition) is 9. The molecule has 0 fully saturated rings. The van der Waals surface area contributed by atoms with Crippen LogP contribution in [0.5, 0.6) is 0 Å². The van der Waals surface area contributed by atoms with Crippen molar-refractivity contribution >= 4 is 67.5 Å². The van der Waals surface area contributed by atoms with Crippen LogP contribution in [0, 0.1) is 10.8 Å². The second-order valence-corrected chi connectivity index (χ2v) is 12.3. The van der Waals surface area contributed by atoms with Crippen molar-refractivity contribution in [1.29, 1.82) is 10.8 Å². The van der Waals surface area contributed by atoms with Crippen LogP contribution < -0.4 is 11.5 Å². The molecule has 0 heterocycles. The summed E-state index contributed by atoms with van der Waals surface area (Å²) in [6, 6.07) is 17.1. The average Bonchev–Trinajstić information content (AvgIpc) is 2.96. The number of amidine groups is 2. The minimum atomic E-state index is -1.78. The van der Waals surface area contributed by atoms with Gasteiger partial charge in [0.05, 0.1) is 10.1 Å². The summed E-state index contributed by atoms with van der Waals surface area (Å²) in [7, 11) is 0. The van der Waals surface area contributed by atoms with Gasteiger partial charge in [0.25, 0.3) is 11.8 Å². The Balaban J connectivity index is 1.76. The molecule has 2 aromatic rings. The predicted molar refractivity (Wildman–Crippen MR) is 172 cm³/mol. The number of benzene rings is 2. The zero-order chi connectivity index (χ0) is 30.5. The van der Waals surface area contributed by atoms with Crippen LogP contribution in [-0.4, -0.2) is 54.0 Å². The number of nitrogens with two attached hydrogens (primary N) is 2. The van der Waals surface area contributed by atoms with Crippen molar-refractivity contribution in [3.05, 3.63) is 71.8 Å². The van der Waals surface area contributed by atoms with Crippen molar-refractivity contribution < 1.29 is 19.8 Å². The van der Waals surface area contributed by atoms with E-state index in [1.807, 2.05) is 0 Å². The lowest BCUT2D eigenvalue weighted by atomic mass is 9.90. The predicted octanol–water partition coefficient (Wildman–Crippen LogP) is 4.20. The summed E-state index contributed by atoms with van der Waals surface area (Å²) >= 11 is 3.25. The first-order valence-corrected chi connectivity index (χ1v) is 15.7. The lowest BCUT2D eigenvalue weighted by Gasteiger charge is -2.23. The van der Waals surface area contributed by atoms with E-state index in [0.29, 0.717) is 35.5 Å². The summed E-state index contributed by atoms with van der Waals surface area (Å²) in [5, 5.41) is 38.1. The Morgan fingerprint density at radius 2 is 1.07 bits per heavy atom. The highest BCUT2D eigenvalue weighted by Crippen LogP contribution is 2.28. The maximum absolute atomic E-state index is 12.6. The van der Waals surface area contributed by atoms with Crippen LogP contribution in [0.1, 0.15) is 50.7 Å². The molecule has 0 saturated carbocycles. The highest BCUT2D eigenvalue weighted by molar-refractivity contribution is 8.26. The third-order valence-corrected chi connectivity index (χ3v) is 8.55. The standard InChI is InChI=1S/C28H36N6O4S3/c1-3-27(37,19-11-7-5-8-12-19)23(35)33-25(31)40-21(29)15-17-39-18-16-22(30)41-26(32)34-24(36)28(38,4-2)20-13-9-6-10-14-20/h5-14,29-30,37-38H,3-4,15-18H2,1-2H3,(H2,31,33,35)(H2,32,34,36)/t27-,28-/m0/s1. The molecule has 0 aliphatic heterocycles. The Morgan fingerprint density at radius 3 is 1.39 bits per heavy atom. The normalized spacial score (nSPS) is 15.0. The van der Waals surface area contributed by atoms with Crippen LogP contribution in [0.3, 0.4) is 0 Å². The average molecular weight is 617 g/mol. The van der Waals surface area contributed by atoms with E-state index in [-0.39, 0.29) is 33.3 Å². The largest absolute Gasteiger partial charge is 0.378 e. The topological polar surface area (TPSA) is 199 Å². The highest BCUT2D eigenvalue weighted by Gasteiger charge is 2.37. The third-order valence-electron chi connectivity index (χ3n) is 6.06. The van der Waals surface area contributed by atoms with Gasteiger partial charge in [0.2, 0.25) is 0 Å². The van der Waals surface area contributed by atoms with Gasteiger partial charge in [-0.3, -0.25) is 20.4 Å². The Labute approximate surface area is 252 Å². The molecule has 0 radical (unpaired) electrons. The molecule has 41 heavy (non-hydrogen) atoms. The number of aliphatic hydroxyl groups is 2. The molecule has 13 heteroatoms. The number of rotatable bonds is 12. The summed E-state index contributed by atoms with van der Waals surface area (Å²) in [4.78, 5) is 32.9. The fourth-order valence-electron chi connectivity index (χ4n) is 3.60. The molecule has 0 unspecified atom stereocenters. The molecule has 0 aliphatic rings. The Hall–Kier alpha value is -2.97. The van der Waals surface area contributed by atoms with E-state index in [2.05, 4.69) is 9.98 Å². The molecule has 2 amide bonds. The van der Waals surface area contributed by atoms with E-state index < -0.39 is 23.0 Å². The Bertz CT molecular complexity index is 1180. The van der Waals surface area contributed by atoms with Gasteiger partial charge >= 0.3 is 0 Å². The molecule has 0 saturated heterocycles. The van der Waals surface area contributed by atoms with Gasteiger partial charge in [-0.1, -0.05) is 74.5 Å². The molecule has 0 spiro atoms. The number of carbonyl (C=O) groups excluding carboxylic acids is 2. The van der Waals surface area contributed by atoms with E-state index in [0.717, 1.165) is 23.5 Å². The van der Waals surface area contributed by atoms with Crippen molar-refractivity contribution in [2.75, 3.05) is 11.5 Å².